The van der Waals surface area contributed by atoms with Crippen LogP contribution in [0.5, 0.6) is 0 Å². The number of aromatic nitrogens is 2. The zero-order valence-electron chi connectivity index (χ0n) is 10.5. The molecule has 0 radical (unpaired) electrons. The molecule has 96 valence electrons. The summed E-state index contributed by atoms with van der Waals surface area (Å²) in [6.07, 6.45) is 2.93. The van der Waals surface area contributed by atoms with E-state index in [9.17, 15) is 10.1 Å². The minimum absolute atomic E-state index is 0.0843. The number of nitro groups is 1. The Bertz CT molecular complexity index is 562. The quantitative estimate of drug-likeness (QED) is 0.598. The van der Waals surface area contributed by atoms with Crippen molar-refractivity contribution < 1.29 is 4.92 Å². The molecule has 2 aromatic rings. The van der Waals surface area contributed by atoms with Gasteiger partial charge in [0, 0.05) is 30.3 Å². The predicted octanol–water partition coefficient (Wildman–Crippen LogP) is 1.90. The summed E-state index contributed by atoms with van der Waals surface area (Å²) in [5, 5.41) is 15.9. The Morgan fingerprint density at radius 1 is 1.44 bits per heavy atom. The first-order chi connectivity index (χ1) is 8.56. The Balaban J connectivity index is 2.14. The van der Waals surface area contributed by atoms with Crippen LogP contribution in [0.4, 0.5) is 5.69 Å². The SMILES string of the molecule is CN(C)CCCn1cc2ccc([N+](=O)[O-])cc2n1. The van der Waals surface area contributed by atoms with E-state index < -0.39 is 4.92 Å². The summed E-state index contributed by atoms with van der Waals surface area (Å²) in [6.45, 7) is 1.82. The highest BCUT2D eigenvalue weighted by Crippen LogP contribution is 2.19. The van der Waals surface area contributed by atoms with Crippen molar-refractivity contribution in [3.8, 4) is 0 Å². The number of benzene rings is 1. The largest absolute Gasteiger partial charge is 0.309 e. The Morgan fingerprint density at radius 3 is 2.89 bits per heavy atom. The molecule has 6 nitrogen and oxygen atoms in total. The predicted molar refractivity (Wildman–Crippen MR) is 69.6 cm³/mol. The van der Waals surface area contributed by atoms with Gasteiger partial charge in [-0.1, -0.05) is 0 Å². The van der Waals surface area contributed by atoms with Gasteiger partial charge in [-0.3, -0.25) is 14.8 Å². The van der Waals surface area contributed by atoms with Crippen molar-refractivity contribution >= 4 is 16.6 Å². The number of hydrogen-bond donors (Lipinski definition) is 0. The van der Waals surface area contributed by atoms with Gasteiger partial charge in [-0.15, -0.1) is 0 Å². The van der Waals surface area contributed by atoms with Crippen LogP contribution in [0, 0.1) is 10.1 Å². The second-order valence-electron chi connectivity index (χ2n) is 4.55. The van der Waals surface area contributed by atoms with Crippen molar-refractivity contribution in [2.24, 2.45) is 0 Å². The molecule has 0 saturated heterocycles. The lowest BCUT2D eigenvalue weighted by Crippen LogP contribution is -2.15. The molecule has 2 rings (SSSR count). The van der Waals surface area contributed by atoms with Gasteiger partial charge in [-0.2, -0.15) is 5.10 Å². The third kappa shape index (κ3) is 2.84. The summed E-state index contributed by atoms with van der Waals surface area (Å²) in [4.78, 5) is 12.4. The number of nitrogens with zero attached hydrogens (tertiary/aromatic N) is 4. The monoisotopic (exact) mass is 248 g/mol. The molecule has 0 aliphatic carbocycles. The summed E-state index contributed by atoms with van der Waals surface area (Å²) in [7, 11) is 4.06. The number of rotatable bonds is 5. The summed E-state index contributed by atoms with van der Waals surface area (Å²) < 4.78 is 1.85. The smallest absolute Gasteiger partial charge is 0.271 e. The molecule has 0 spiro atoms. The average Bonchev–Trinajstić information content (AvgIpc) is 2.69. The Morgan fingerprint density at radius 2 is 2.22 bits per heavy atom. The molecule has 0 aliphatic rings. The van der Waals surface area contributed by atoms with Gasteiger partial charge in [-0.05, 0) is 33.1 Å². The molecule has 6 heteroatoms. The van der Waals surface area contributed by atoms with Crippen LogP contribution >= 0.6 is 0 Å². The first kappa shape index (κ1) is 12.5. The lowest BCUT2D eigenvalue weighted by Gasteiger charge is -2.08. The molecule has 0 atom stereocenters. The maximum absolute atomic E-state index is 10.7. The highest BCUT2D eigenvalue weighted by Gasteiger charge is 2.08. The number of aryl methyl sites for hydroxylation is 1. The summed E-state index contributed by atoms with van der Waals surface area (Å²) in [5.41, 5.74) is 0.759. The van der Waals surface area contributed by atoms with Crippen molar-refractivity contribution in [3.05, 3.63) is 34.5 Å². The van der Waals surface area contributed by atoms with Gasteiger partial charge in [0.05, 0.1) is 10.4 Å². The fourth-order valence-electron chi connectivity index (χ4n) is 1.83. The molecule has 1 aromatic heterocycles. The molecule has 0 saturated carbocycles. The molecule has 0 bridgehead atoms. The maximum Gasteiger partial charge on any atom is 0.271 e. The van der Waals surface area contributed by atoms with Gasteiger partial charge in [0.15, 0.2) is 0 Å². The third-order valence-corrected chi connectivity index (χ3v) is 2.74. The Labute approximate surface area is 105 Å². The van der Waals surface area contributed by atoms with Gasteiger partial charge < -0.3 is 4.90 Å². The third-order valence-electron chi connectivity index (χ3n) is 2.74. The number of fused-ring (bicyclic) bond motifs is 1. The molecule has 0 amide bonds. The lowest BCUT2D eigenvalue weighted by molar-refractivity contribution is -0.384. The fourth-order valence-corrected chi connectivity index (χ4v) is 1.83. The highest BCUT2D eigenvalue weighted by molar-refractivity contribution is 5.80. The second-order valence-corrected chi connectivity index (χ2v) is 4.55. The van der Waals surface area contributed by atoms with E-state index in [4.69, 9.17) is 0 Å². The van der Waals surface area contributed by atoms with Crippen molar-refractivity contribution in [1.82, 2.24) is 14.7 Å². The highest BCUT2D eigenvalue weighted by atomic mass is 16.6. The van der Waals surface area contributed by atoms with Gasteiger partial charge in [-0.25, -0.2) is 0 Å². The lowest BCUT2D eigenvalue weighted by atomic mass is 10.2. The van der Waals surface area contributed by atoms with E-state index >= 15 is 0 Å². The molecule has 0 fully saturated rings. The molecule has 0 aliphatic heterocycles. The minimum atomic E-state index is -0.398. The zero-order valence-corrected chi connectivity index (χ0v) is 10.5. The van der Waals surface area contributed by atoms with E-state index in [1.54, 1.807) is 6.07 Å². The van der Waals surface area contributed by atoms with Crippen molar-refractivity contribution in [2.75, 3.05) is 20.6 Å². The van der Waals surface area contributed by atoms with E-state index in [0.717, 1.165) is 24.9 Å². The van der Waals surface area contributed by atoms with Crippen LogP contribution in [0.25, 0.3) is 10.9 Å². The number of nitro benzene ring substituents is 1. The summed E-state index contributed by atoms with van der Waals surface area (Å²) in [6, 6.07) is 4.76. The first-order valence-electron chi connectivity index (χ1n) is 5.82. The van der Waals surface area contributed by atoms with E-state index in [-0.39, 0.29) is 5.69 Å². The van der Waals surface area contributed by atoms with E-state index in [0.29, 0.717) is 5.52 Å². The Kier molecular flexibility index (Phi) is 3.57. The first-order valence-corrected chi connectivity index (χ1v) is 5.82. The van der Waals surface area contributed by atoms with E-state index in [2.05, 4.69) is 10.00 Å². The van der Waals surface area contributed by atoms with Gasteiger partial charge >= 0.3 is 0 Å². The maximum atomic E-state index is 10.7. The summed E-state index contributed by atoms with van der Waals surface area (Å²) in [5.74, 6) is 0. The molecule has 1 aromatic carbocycles. The van der Waals surface area contributed by atoms with Gasteiger partial charge in [0.25, 0.3) is 5.69 Å². The van der Waals surface area contributed by atoms with Crippen molar-refractivity contribution in [3.63, 3.8) is 0 Å². The Hall–Kier alpha value is -1.95. The molecular formula is C12H16N4O2. The van der Waals surface area contributed by atoms with E-state index in [1.807, 2.05) is 25.0 Å². The molecular weight excluding hydrogens is 232 g/mol. The van der Waals surface area contributed by atoms with Crippen LogP contribution in [0.2, 0.25) is 0 Å². The molecule has 0 N–H and O–H groups in total. The van der Waals surface area contributed by atoms with Gasteiger partial charge in [0.2, 0.25) is 0 Å². The standard InChI is InChI=1S/C12H16N4O2/c1-14(2)6-3-7-15-9-10-4-5-11(16(17)18)8-12(10)13-15/h4-5,8-9H,3,6-7H2,1-2H3. The zero-order chi connectivity index (χ0) is 13.1. The molecule has 1 heterocycles. The summed E-state index contributed by atoms with van der Waals surface area (Å²) >= 11 is 0. The molecule has 18 heavy (non-hydrogen) atoms. The van der Waals surface area contributed by atoms with Crippen molar-refractivity contribution in [1.29, 1.82) is 0 Å². The van der Waals surface area contributed by atoms with Crippen LogP contribution in [-0.4, -0.2) is 40.2 Å². The van der Waals surface area contributed by atoms with Crippen LogP contribution in [0.15, 0.2) is 24.4 Å². The number of hydrogen-bond acceptors (Lipinski definition) is 4. The van der Waals surface area contributed by atoms with Crippen LogP contribution in [-0.2, 0) is 6.54 Å². The van der Waals surface area contributed by atoms with Crippen molar-refractivity contribution in [2.45, 2.75) is 13.0 Å². The minimum Gasteiger partial charge on any atom is -0.309 e. The van der Waals surface area contributed by atoms with Crippen LogP contribution < -0.4 is 0 Å². The topological polar surface area (TPSA) is 64.2 Å². The number of non-ortho nitro benzene ring substituents is 1. The normalized spacial score (nSPS) is 11.3. The second kappa shape index (κ2) is 5.14. The van der Waals surface area contributed by atoms with Crippen LogP contribution in [0.3, 0.4) is 0 Å². The van der Waals surface area contributed by atoms with Gasteiger partial charge in [0.1, 0.15) is 0 Å². The van der Waals surface area contributed by atoms with E-state index in [1.165, 1.54) is 12.1 Å². The average molecular weight is 248 g/mol. The molecule has 0 unspecified atom stereocenters. The fraction of sp³-hybridized carbons (Fsp3) is 0.417. The van der Waals surface area contributed by atoms with Crippen LogP contribution in [0.1, 0.15) is 6.42 Å².